The summed E-state index contributed by atoms with van der Waals surface area (Å²) in [4.78, 5) is 17.0. The van der Waals surface area contributed by atoms with Gasteiger partial charge >= 0.3 is 6.18 Å². The standard InChI is InChI=1S/C28H29F4N3O7/c1-15(36)12-41-20-9-6-17(10-21(20)40-3)25(37)33-13-27(38,28(30,31)32)22-11-19-24(42-14-26(19,2)35-39)23(34-22)16-4-7-18(29)8-5-16/h4-11,15,35-36,38-39H,12-14H2,1-3H3,(H,33,37)/t15-,26-,27-/m1/s1. The van der Waals surface area contributed by atoms with Gasteiger partial charge in [-0.25, -0.2) is 9.37 Å². The Hall–Kier alpha value is -3.98. The van der Waals surface area contributed by atoms with Crippen LogP contribution in [0.4, 0.5) is 17.6 Å². The Morgan fingerprint density at radius 3 is 2.45 bits per heavy atom. The number of aliphatic hydroxyl groups is 2. The van der Waals surface area contributed by atoms with Crippen LogP contribution >= 0.6 is 0 Å². The van der Waals surface area contributed by atoms with Gasteiger partial charge in [-0.3, -0.25) is 4.79 Å². The van der Waals surface area contributed by atoms with Gasteiger partial charge in [-0.1, -0.05) is 0 Å². The van der Waals surface area contributed by atoms with Crippen molar-refractivity contribution >= 4 is 5.91 Å². The summed E-state index contributed by atoms with van der Waals surface area (Å²) in [5.74, 6) is -1.24. The highest BCUT2D eigenvalue weighted by atomic mass is 19.4. The first-order valence-electron chi connectivity index (χ1n) is 12.6. The summed E-state index contributed by atoms with van der Waals surface area (Å²) >= 11 is 0. The molecule has 4 rings (SSSR count). The number of nitrogens with zero attached hydrogens (tertiary/aromatic N) is 1. The van der Waals surface area contributed by atoms with Gasteiger partial charge in [-0.15, -0.1) is 0 Å². The van der Waals surface area contributed by atoms with E-state index in [-0.39, 0.29) is 52.8 Å². The predicted molar refractivity (Wildman–Crippen MR) is 140 cm³/mol. The number of hydroxylamine groups is 1. The number of amides is 1. The Bertz CT molecular complexity index is 1450. The molecule has 0 saturated heterocycles. The fourth-order valence-electron chi connectivity index (χ4n) is 4.28. The van der Waals surface area contributed by atoms with E-state index in [2.05, 4.69) is 10.3 Å². The molecule has 10 nitrogen and oxygen atoms in total. The summed E-state index contributed by atoms with van der Waals surface area (Å²) in [7, 11) is 1.30. The molecule has 226 valence electrons. The van der Waals surface area contributed by atoms with Crippen LogP contribution in [0, 0.1) is 5.82 Å². The van der Waals surface area contributed by atoms with Crippen molar-refractivity contribution in [1.29, 1.82) is 0 Å². The zero-order valence-electron chi connectivity index (χ0n) is 22.8. The van der Waals surface area contributed by atoms with Gasteiger partial charge in [-0.2, -0.15) is 18.7 Å². The molecule has 0 saturated carbocycles. The van der Waals surface area contributed by atoms with Gasteiger partial charge in [0.25, 0.3) is 5.91 Å². The van der Waals surface area contributed by atoms with Gasteiger partial charge in [0, 0.05) is 16.7 Å². The van der Waals surface area contributed by atoms with E-state index in [0.29, 0.717) is 0 Å². The number of alkyl halides is 3. The van der Waals surface area contributed by atoms with E-state index in [1.807, 2.05) is 5.48 Å². The van der Waals surface area contributed by atoms with E-state index < -0.39 is 47.4 Å². The van der Waals surface area contributed by atoms with Crippen molar-refractivity contribution in [3.05, 3.63) is 71.2 Å². The highest BCUT2D eigenvalue weighted by molar-refractivity contribution is 5.95. The minimum absolute atomic E-state index is 0.0352. The Labute approximate surface area is 237 Å². The third kappa shape index (κ3) is 5.97. The molecule has 0 bridgehead atoms. The maximum atomic E-state index is 14.5. The van der Waals surface area contributed by atoms with Gasteiger partial charge in [0.1, 0.15) is 30.3 Å². The quantitative estimate of drug-likeness (QED) is 0.176. The van der Waals surface area contributed by atoms with E-state index in [1.54, 1.807) is 0 Å². The smallest absolute Gasteiger partial charge is 0.424 e. The van der Waals surface area contributed by atoms with Gasteiger partial charge < -0.3 is 34.9 Å². The largest absolute Gasteiger partial charge is 0.493 e. The maximum absolute atomic E-state index is 14.5. The van der Waals surface area contributed by atoms with Crippen LogP contribution < -0.4 is 25.0 Å². The molecule has 5 N–H and O–H groups in total. The lowest BCUT2D eigenvalue weighted by Crippen LogP contribution is -2.51. The molecule has 2 heterocycles. The van der Waals surface area contributed by atoms with E-state index in [4.69, 9.17) is 14.2 Å². The second-order valence-electron chi connectivity index (χ2n) is 10.0. The van der Waals surface area contributed by atoms with Crippen LogP contribution in [0.25, 0.3) is 11.3 Å². The van der Waals surface area contributed by atoms with E-state index in [9.17, 15) is 37.8 Å². The molecule has 0 spiro atoms. The van der Waals surface area contributed by atoms with Crippen molar-refractivity contribution in [2.45, 2.75) is 37.3 Å². The topological polar surface area (TPSA) is 142 Å². The molecule has 3 atom stereocenters. The van der Waals surface area contributed by atoms with Crippen LogP contribution in [0.15, 0.2) is 48.5 Å². The van der Waals surface area contributed by atoms with Crippen LogP contribution in [-0.2, 0) is 11.1 Å². The number of methoxy groups -OCH3 is 1. The Morgan fingerprint density at radius 2 is 1.86 bits per heavy atom. The van der Waals surface area contributed by atoms with Crippen LogP contribution in [0.2, 0.25) is 0 Å². The predicted octanol–water partition coefficient (Wildman–Crippen LogP) is 3.42. The summed E-state index contributed by atoms with van der Waals surface area (Å²) in [6.45, 7) is 1.38. The number of aliphatic hydroxyl groups excluding tert-OH is 1. The number of nitrogens with one attached hydrogen (secondary N) is 2. The highest BCUT2D eigenvalue weighted by Gasteiger charge is 2.57. The van der Waals surface area contributed by atoms with Crippen LogP contribution in [-0.4, -0.2) is 65.5 Å². The van der Waals surface area contributed by atoms with Crippen molar-refractivity contribution < 1.29 is 52.0 Å². The van der Waals surface area contributed by atoms with Gasteiger partial charge in [-0.05, 0) is 62.4 Å². The van der Waals surface area contributed by atoms with Crippen LogP contribution in [0.3, 0.4) is 0 Å². The molecule has 1 amide bonds. The number of rotatable bonds is 10. The Morgan fingerprint density at radius 1 is 1.17 bits per heavy atom. The molecule has 0 aliphatic carbocycles. The highest BCUT2D eigenvalue weighted by Crippen LogP contribution is 2.46. The lowest BCUT2D eigenvalue weighted by Gasteiger charge is -2.31. The number of pyridine rings is 1. The number of halogens is 4. The molecular formula is C28H29F4N3O7. The number of aromatic nitrogens is 1. The monoisotopic (exact) mass is 595 g/mol. The Kier molecular flexibility index (Phi) is 8.64. The molecular weight excluding hydrogens is 566 g/mol. The third-order valence-corrected chi connectivity index (χ3v) is 6.74. The number of hydrogen-bond donors (Lipinski definition) is 5. The number of fused-ring (bicyclic) bond motifs is 1. The zero-order valence-corrected chi connectivity index (χ0v) is 22.8. The minimum atomic E-state index is -5.33. The summed E-state index contributed by atoms with van der Waals surface area (Å²) in [5, 5.41) is 32.4. The zero-order chi connectivity index (χ0) is 30.9. The molecule has 1 aromatic heterocycles. The minimum Gasteiger partial charge on any atom is -0.493 e. The van der Waals surface area contributed by atoms with Crippen molar-refractivity contribution in [1.82, 2.24) is 15.8 Å². The third-order valence-electron chi connectivity index (χ3n) is 6.74. The molecule has 0 fully saturated rings. The summed E-state index contributed by atoms with van der Waals surface area (Å²) < 4.78 is 73.4. The van der Waals surface area contributed by atoms with Gasteiger partial charge in [0.15, 0.2) is 17.2 Å². The SMILES string of the molecule is COc1cc(C(=O)NC[C@@](O)(c2cc3c(c(-c4ccc(F)cc4)n2)OC[C@@]3(C)NO)C(F)(F)F)ccc1OC[C@@H](C)O. The van der Waals surface area contributed by atoms with Crippen molar-refractivity contribution in [3.8, 4) is 28.5 Å². The molecule has 14 heteroatoms. The lowest BCUT2D eigenvalue weighted by atomic mass is 9.89. The molecule has 0 unspecified atom stereocenters. The second kappa shape index (κ2) is 11.7. The van der Waals surface area contributed by atoms with E-state index >= 15 is 0 Å². The van der Waals surface area contributed by atoms with Crippen LogP contribution in [0.5, 0.6) is 17.2 Å². The van der Waals surface area contributed by atoms with Crippen LogP contribution in [0.1, 0.15) is 35.5 Å². The van der Waals surface area contributed by atoms with Crippen molar-refractivity contribution in [3.63, 3.8) is 0 Å². The second-order valence-corrected chi connectivity index (χ2v) is 10.0. The number of ether oxygens (including phenoxy) is 3. The number of benzene rings is 2. The normalized spacial score (nSPS) is 18.4. The number of hydrogen-bond acceptors (Lipinski definition) is 9. The lowest BCUT2D eigenvalue weighted by molar-refractivity contribution is -0.265. The maximum Gasteiger partial charge on any atom is 0.424 e. The average Bonchev–Trinajstić information content (AvgIpc) is 3.30. The molecule has 1 aliphatic rings. The van der Waals surface area contributed by atoms with Crippen molar-refractivity contribution in [2.24, 2.45) is 0 Å². The fraction of sp³-hybridized carbons (Fsp3) is 0.357. The average molecular weight is 596 g/mol. The van der Waals surface area contributed by atoms with Crippen molar-refractivity contribution in [2.75, 3.05) is 26.9 Å². The summed E-state index contributed by atoms with van der Waals surface area (Å²) in [6, 6.07) is 9.53. The first-order chi connectivity index (χ1) is 19.7. The number of carbonyl (C=O) groups is 1. The summed E-state index contributed by atoms with van der Waals surface area (Å²) in [5.41, 5.74) is -3.92. The Balaban J connectivity index is 1.71. The first-order valence-corrected chi connectivity index (χ1v) is 12.6. The molecule has 42 heavy (non-hydrogen) atoms. The van der Waals surface area contributed by atoms with Gasteiger partial charge in [0.05, 0.1) is 25.5 Å². The first kappa shape index (κ1) is 31.0. The van der Waals surface area contributed by atoms with E-state index in [0.717, 1.165) is 18.2 Å². The molecule has 0 radical (unpaired) electrons. The van der Waals surface area contributed by atoms with E-state index in [1.165, 1.54) is 51.3 Å². The number of carbonyl (C=O) groups excluding carboxylic acids is 1. The molecule has 3 aromatic rings. The summed E-state index contributed by atoms with van der Waals surface area (Å²) in [6.07, 6.45) is -6.12. The fourth-order valence-corrected chi connectivity index (χ4v) is 4.28. The molecule has 1 aliphatic heterocycles. The molecule has 2 aromatic carbocycles. The van der Waals surface area contributed by atoms with Gasteiger partial charge in [0.2, 0.25) is 5.60 Å².